The number of hydrogen-bond donors (Lipinski definition) is 7. The summed E-state index contributed by atoms with van der Waals surface area (Å²) < 4.78 is 10.6. The molecule has 0 fully saturated rings. The fourth-order valence-corrected chi connectivity index (χ4v) is 4.65. The van der Waals surface area contributed by atoms with Gasteiger partial charge in [-0.2, -0.15) is 0 Å². The fourth-order valence-electron chi connectivity index (χ4n) is 4.65. The molecule has 4 amide bonds. The second kappa shape index (κ2) is 16.9. The van der Waals surface area contributed by atoms with Gasteiger partial charge in [-0.05, 0) is 63.8 Å². The molecule has 0 aliphatic heterocycles. The van der Waals surface area contributed by atoms with Gasteiger partial charge in [-0.1, -0.05) is 30.3 Å². The van der Waals surface area contributed by atoms with Crippen molar-refractivity contribution in [1.82, 2.24) is 16.0 Å². The van der Waals surface area contributed by atoms with Crippen molar-refractivity contribution in [2.24, 2.45) is 16.5 Å². The summed E-state index contributed by atoms with van der Waals surface area (Å²) in [6.07, 6.45) is -0.410. The number of carbonyl (C=O) groups is 4. The minimum Gasteiger partial charge on any atom is -0.444 e. The number of rotatable bonds is 14. The Hall–Kier alpha value is -5.44. The first-order valence-electron chi connectivity index (χ1n) is 15.3. The first-order valence-corrected chi connectivity index (χ1v) is 15.3. The largest absolute Gasteiger partial charge is 0.444 e. The van der Waals surface area contributed by atoms with Gasteiger partial charge in [0.1, 0.15) is 29.3 Å². The Morgan fingerprint density at radius 1 is 0.917 bits per heavy atom. The average molecular weight is 666 g/mol. The smallest absolute Gasteiger partial charge is 0.408 e. The van der Waals surface area contributed by atoms with Crippen molar-refractivity contribution in [3.05, 3.63) is 76.1 Å². The molecule has 0 saturated heterocycles. The lowest BCUT2D eigenvalue weighted by molar-refractivity contribution is -0.132. The number of nitrogens with zero attached hydrogens (tertiary/aromatic N) is 1. The van der Waals surface area contributed by atoms with E-state index in [1.54, 1.807) is 70.2 Å². The van der Waals surface area contributed by atoms with Crippen LogP contribution in [0.25, 0.3) is 11.0 Å². The molecule has 48 heavy (non-hydrogen) atoms. The van der Waals surface area contributed by atoms with Crippen LogP contribution in [0.1, 0.15) is 44.7 Å². The summed E-state index contributed by atoms with van der Waals surface area (Å²) >= 11 is 0. The highest BCUT2D eigenvalue weighted by atomic mass is 16.6. The number of ether oxygens (including phenoxy) is 1. The average Bonchev–Trinajstić information content (AvgIpc) is 2.99. The third-order valence-corrected chi connectivity index (χ3v) is 6.90. The number of aliphatic hydroxyl groups is 1. The van der Waals surface area contributed by atoms with Crippen LogP contribution in [-0.2, 0) is 25.5 Å². The van der Waals surface area contributed by atoms with Crippen molar-refractivity contribution in [2.45, 2.75) is 70.7 Å². The summed E-state index contributed by atoms with van der Waals surface area (Å²) in [6.45, 7) is 6.13. The van der Waals surface area contributed by atoms with E-state index in [0.717, 1.165) is 5.56 Å². The molecule has 15 nitrogen and oxygen atoms in total. The Balaban J connectivity index is 1.77. The van der Waals surface area contributed by atoms with E-state index in [1.807, 2.05) is 0 Å². The summed E-state index contributed by atoms with van der Waals surface area (Å²) in [5.74, 6) is -2.38. The molecule has 0 aliphatic rings. The molecule has 3 rings (SSSR count). The second-order valence-electron chi connectivity index (χ2n) is 12.1. The molecular formula is C33H43N7O8. The number of aryl methyl sites for hydroxylation is 1. The number of hydrogen-bond acceptors (Lipinski definition) is 9. The number of aliphatic hydroxyl groups excluding tert-OH is 1. The predicted molar refractivity (Wildman–Crippen MR) is 180 cm³/mol. The number of anilines is 1. The third-order valence-electron chi connectivity index (χ3n) is 6.90. The van der Waals surface area contributed by atoms with E-state index in [2.05, 4.69) is 26.3 Å². The minimum atomic E-state index is -1.48. The molecule has 0 saturated carbocycles. The van der Waals surface area contributed by atoms with Gasteiger partial charge >= 0.3 is 11.7 Å². The zero-order chi connectivity index (χ0) is 35.4. The highest BCUT2D eigenvalue weighted by Crippen LogP contribution is 2.21. The van der Waals surface area contributed by atoms with E-state index in [1.165, 1.54) is 12.1 Å². The van der Waals surface area contributed by atoms with Crippen molar-refractivity contribution in [1.29, 1.82) is 0 Å². The van der Waals surface area contributed by atoms with Gasteiger partial charge in [-0.3, -0.25) is 19.4 Å². The van der Waals surface area contributed by atoms with Crippen molar-refractivity contribution >= 4 is 46.4 Å². The number of benzene rings is 2. The number of nitrogens with two attached hydrogens (primary N) is 2. The Morgan fingerprint density at radius 3 is 2.23 bits per heavy atom. The predicted octanol–water partition coefficient (Wildman–Crippen LogP) is 1.19. The number of carbonyl (C=O) groups excluding carboxylic acids is 4. The van der Waals surface area contributed by atoms with E-state index in [-0.39, 0.29) is 37.3 Å². The van der Waals surface area contributed by atoms with Crippen molar-refractivity contribution in [2.75, 3.05) is 18.5 Å². The third kappa shape index (κ3) is 11.7. The molecule has 0 radical (unpaired) electrons. The summed E-state index contributed by atoms with van der Waals surface area (Å²) in [5.41, 5.74) is 11.4. The highest BCUT2D eigenvalue weighted by Gasteiger charge is 2.30. The van der Waals surface area contributed by atoms with Crippen LogP contribution in [-0.4, -0.2) is 71.8 Å². The normalized spacial score (nSPS) is 13.0. The standard InChI is InChI=1S/C33H43N7O8/c1-19-15-27(42)47-26-17-21(12-13-22(19)26)37-28(43)23(11-8-14-36-31(34)35)38-30(45)25(18-41)39-29(44)24(16-20-9-6-5-7-10-20)40-32(46)48-33(2,3)4/h5-7,9-10,12-13,15,17,23-25,41H,8,11,14,16,18H2,1-4H3,(H,37,43)(H,38,45)(H,39,44)(H,40,46)(H4,34,35,36)/t23-,24-,25+/m1/s1. The van der Waals surface area contributed by atoms with Crippen molar-refractivity contribution in [3.8, 4) is 0 Å². The van der Waals surface area contributed by atoms with Crippen LogP contribution < -0.4 is 38.4 Å². The maximum Gasteiger partial charge on any atom is 0.408 e. The van der Waals surface area contributed by atoms with Gasteiger partial charge < -0.3 is 47.0 Å². The maximum atomic E-state index is 13.4. The molecule has 0 unspecified atom stereocenters. The van der Waals surface area contributed by atoms with Crippen molar-refractivity contribution < 1.29 is 33.4 Å². The number of alkyl carbamates (subject to hydrolysis) is 1. The lowest BCUT2D eigenvalue weighted by Gasteiger charge is -2.26. The summed E-state index contributed by atoms with van der Waals surface area (Å²) in [6, 6.07) is 11.2. The molecule has 2 aromatic carbocycles. The molecule has 258 valence electrons. The van der Waals surface area contributed by atoms with Crippen LogP contribution in [0, 0.1) is 6.92 Å². The summed E-state index contributed by atoms with van der Waals surface area (Å²) in [4.78, 5) is 68.5. The lowest BCUT2D eigenvalue weighted by atomic mass is 10.0. The van der Waals surface area contributed by atoms with Crippen LogP contribution in [0.5, 0.6) is 0 Å². The molecule has 3 atom stereocenters. The van der Waals surface area contributed by atoms with Crippen LogP contribution in [0.3, 0.4) is 0 Å². The lowest BCUT2D eigenvalue weighted by Crippen LogP contribution is -2.58. The molecule has 1 heterocycles. The van der Waals surface area contributed by atoms with Crippen LogP contribution in [0.4, 0.5) is 10.5 Å². The molecular weight excluding hydrogens is 622 g/mol. The zero-order valence-electron chi connectivity index (χ0n) is 27.4. The van der Waals surface area contributed by atoms with Crippen LogP contribution >= 0.6 is 0 Å². The van der Waals surface area contributed by atoms with E-state index in [9.17, 15) is 29.1 Å². The van der Waals surface area contributed by atoms with E-state index in [4.69, 9.17) is 20.6 Å². The second-order valence-corrected chi connectivity index (χ2v) is 12.1. The van der Waals surface area contributed by atoms with Gasteiger partial charge in [0, 0.05) is 36.2 Å². The van der Waals surface area contributed by atoms with Gasteiger partial charge in [0.15, 0.2) is 5.96 Å². The van der Waals surface area contributed by atoms with Gasteiger partial charge in [-0.15, -0.1) is 0 Å². The van der Waals surface area contributed by atoms with Gasteiger partial charge in [0.25, 0.3) is 0 Å². The van der Waals surface area contributed by atoms with Crippen molar-refractivity contribution in [3.63, 3.8) is 0 Å². The molecule has 9 N–H and O–H groups in total. The highest BCUT2D eigenvalue weighted by molar-refractivity contribution is 6.00. The number of aliphatic imine (C=N–C) groups is 1. The number of fused-ring (bicyclic) bond motifs is 1. The summed E-state index contributed by atoms with van der Waals surface area (Å²) in [5, 5.41) is 21.0. The maximum absolute atomic E-state index is 13.4. The number of nitrogens with one attached hydrogen (secondary N) is 4. The molecule has 0 bridgehead atoms. The quantitative estimate of drug-likeness (QED) is 0.0561. The molecule has 0 spiro atoms. The minimum absolute atomic E-state index is 0.0624. The SMILES string of the molecule is Cc1cc(=O)oc2cc(NC(=O)[C@@H](CCCN=C(N)N)NC(=O)[C@H](CO)NC(=O)[C@@H](Cc3ccccc3)NC(=O)OC(C)(C)C)ccc12. The van der Waals surface area contributed by atoms with E-state index in [0.29, 0.717) is 16.6 Å². The number of guanidine groups is 1. The monoisotopic (exact) mass is 665 g/mol. The molecule has 0 aliphatic carbocycles. The zero-order valence-corrected chi connectivity index (χ0v) is 27.4. The van der Waals surface area contributed by atoms with Gasteiger partial charge in [0.2, 0.25) is 17.7 Å². The Bertz CT molecular complexity index is 1680. The fraction of sp³-hybridized carbons (Fsp3) is 0.394. The van der Waals surface area contributed by atoms with E-state index < -0.39 is 59.8 Å². The number of amides is 4. The first-order chi connectivity index (χ1) is 22.6. The van der Waals surface area contributed by atoms with Gasteiger partial charge in [-0.25, -0.2) is 9.59 Å². The Labute approximate surface area is 277 Å². The summed E-state index contributed by atoms with van der Waals surface area (Å²) in [7, 11) is 0. The molecule has 1 aromatic heterocycles. The van der Waals surface area contributed by atoms with E-state index >= 15 is 0 Å². The van der Waals surface area contributed by atoms with Crippen LogP contribution in [0.15, 0.2) is 68.8 Å². The Morgan fingerprint density at radius 2 is 1.58 bits per heavy atom. The first kappa shape index (κ1) is 37.0. The molecule has 15 heteroatoms. The van der Waals surface area contributed by atoms with Gasteiger partial charge in [0.05, 0.1) is 6.61 Å². The van der Waals surface area contributed by atoms with Crippen LogP contribution in [0.2, 0.25) is 0 Å². The molecule has 3 aromatic rings. The topological polar surface area (TPSA) is 240 Å². The Kier molecular flexibility index (Phi) is 13.1.